The van der Waals surface area contributed by atoms with E-state index < -0.39 is 6.10 Å². The highest BCUT2D eigenvalue weighted by atomic mass is 16.5. The first-order chi connectivity index (χ1) is 14.0. The summed E-state index contributed by atoms with van der Waals surface area (Å²) in [7, 11) is 3.39. The van der Waals surface area contributed by atoms with Crippen molar-refractivity contribution in [3.63, 3.8) is 0 Å². The predicted octanol–water partition coefficient (Wildman–Crippen LogP) is 2.56. The molecule has 0 spiro atoms. The smallest absolute Gasteiger partial charge is 0.217 e. The van der Waals surface area contributed by atoms with Crippen LogP contribution in [0.15, 0.2) is 30.3 Å². The van der Waals surface area contributed by atoms with Crippen molar-refractivity contribution in [2.24, 2.45) is 11.8 Å². The third kappa shape index (κ3) is 3.91. The summed E-state index contributed by atoms with van der Waals surface area (Å²) in [6.07, 6.45) is 1.13. The molecule has 4 atom stereocenters. The number of likely N-dealkylation sites (tertiary alicyclic amines) is 1. The summed E-state index contributed by atoms with van der Waals surface area (Å²) < 4.78 is 11.2. The van der Waals surface area contributed by atoms with Gasteiger partial charge in [-0.1, -0.05) is 18.2 Å². The number of benzene rings is 2. The Bertz CT molecular complexity index is 900. The number of ether oxygens (including phenoxy) is 2. The van der Waals surface area contributed by atoms with Gasteiger partial charge in [-0.15, -0.1) is 0 Å². The van der Waals surface area contributed by atoms with Gasteiger partial charge in [0, 0.05) is 37.3 Å². The van der Waals surface area contributed by atoms with Crippen molar-refractivity contribution >= 4 is 16.7 Å². The molecule has 1 saturated carbocycles. The highest BCUT2D eigenvalue weighted by Gasteiger charge is 2.41. The van der Waals surface area contributed by atoms with E-state index in [1.807, 2.05) is 18.2 Å². The molecule has 156 valence electrons. The first-order valence-corrected chi connectivity index (χ1v) is 10.3. The van der Waals surface area contributed by atoms with Crippen LogP contribution >= 0.6 is 0 Å². The summed E-state index contributed by atoms with van der Waals surface area (Å²) in [5.41, 5.74) is 1.22. The average Bonchev–Trinajstić information content (AvgIpc) is 3.08. The lowest BCUT2D eigenvalue weighted by Gasteiger charge is -2.35. The van der Waals surface area contributed by atoms with Crippen LogP contribution in [-0.4, -0.2) is 55.4 Å². The van der Waals surface area contributed by atoms with Crippen LogP contribution in [0.25, 0.3) is 10.8 Å². The van der Waals surface area contributed by atoms with E-state index in [0.717, 1.165) is 54.7 Å². The molecule has 4 rings (SSSR count). The molecule has 2 fully saturated rings. The van der Waals surface area contributed by atoms with Crippen LogP contribution in [0.1, 0.15) is 25.3 Å². The Labute approximate surface area is 171 Å². The highest BCUT2D eigenvalue weighted by molar-refractivity contribution is 5.95. The Morgan fingerprint density at radius 3 is 2.52 bits per heavy atom. The molecule has 0 unspecified atom stereocenters. The molecule has 1 saturated heterocycles. The first-order valence-electron chi connectivity index (χ1n) is 10.3. The van der Waals surface area contributed by atoms with Crippen LogP contribution in [0.5, 0.6) is 11.5 Å². The van der Waals surface area contributed by atoms with Gasteiger partial charge in [0.05, 0.1) is 26.4 Å². The van der Waals surface area contributed by atoms with Crippen LogP contribution in [0.4, 0.5) is 0 Å². The molecule has 2 aromatic carbocycles. The minimum atomic E-state index is -0.456. The number of nitrogens with one attached hydrogen (secondary N) is 1. The van der Waals surface area contributed by atoms with Gasteiger partial charge in [0.1, 0.15) is 11.5 Å². The Hall–Kier alpha value is -2.31. The molecular weight excluding hydrogens is 368 g/mol. The zero-order valence-electron chi connectivity index (χ0n) is 17.4. The van der Waals surface area contributed by atoms with Gasteiger partial charge in [-0.2, -0.15) is 0 Å². The molecule has 2 N–H and O–H groups in total. The minimum absolute atomic E-state index is 0.0702. The van der Waals surface area contributed by atoms with Crippen molar-refractivity contribution in [1.82, 2.24) is 10.2 Å². The lowest BCUT2D eigenvalue weighted by molar-refractivity contribution is -0.121. The number of hydrogen-bond donors (Lipinski definition) is 2. The van der Waals surface area contributed by atoms with Gasteiger partial charge in [-0.05, 0) is 42.4 Å². The SMILES string of the molecule is COc1ccc(CN2C[C@H]3C[C@@H](NC(C)=O)[C@H](O)C[C@H]3C2)c2c(OC)cccc12. The average molecular weight is 399 g/mol. The van der Waals surface area contributed by atoms with Crippen LogP contribution < -0.4 is 14.8 Å². The minimum Gasteiger partial charge on any atom is -0.496 e. The van der Waals surface area contributed by atoms with Crippen LogP contribution in [0, 0.1) is 11.8 Å². The number of carbonyl (C=O) groups is 1. The van der Waals surface area contributed by atoms with Crippen LogP contribution in [0.3, 0.4) is 0 Å². The summed E-state index contributed by atoms with van der Waals surface area (Å²) in [6.45, 7) is 4.30. The second-order valence-corrected chi connectivity index (χ2v) is 8.37. The maximum atomic E-state index is 11.4. The van der Waals surface area contributed by atoms with Gasteiger partial charge < -0.3 is 19.9 Å². The van der Waals surface area contributed by atoms with Crippen LogP contribution in [-0.2, 0) is 11.3 Å². The molecule has 0 bridgehead atoms. The number of amides is 1. The maximum Gasteiger partial charge on any atom is 0.217 e. The largest absolute Gasteiger partial charge is 0.496 e. The molecule has 1 aliphatic heterocycles. The molecule has 1 heterocycles. The van der Waals surface area contributed by atoms with E-state index in [1.165, 1.54) is 12.5 Å². The molecule has 2 aliphatic rings. The number of rotatable bonds is 5. The number of aliphatic hydroxyl groups is 1. The van der Waals surface area contributed by atoms with E-state index in [4.69, 9.17) is 9.47 Å². The lowest BCUT2D eigenvalue weighted by Crippen LogP contribution is -2.48. The number of fused-ring (bicyclic) bond motifs is 2. The Balaban J connectivity index is 1.55. The second kappa shape index (κ2) is 8.20. The van der Waals surface area contributed by atoms with Crippen molar-refractivity contribution in [2.75, 3.05) is 27.3 Å². The molecule has 0 aromatic heterocycles. The Kier molecular flexibility index (Phi) is 5.65. The van der Waals surface area contributed by atoms with Crippen molar-refractivity contribution in [1.29, 1.82) is 0 Å². The van der Waals surface area contributed by atoms with Gasteiger partial charge in [0.25, 0.3) is 0 Å². The van der Waals surface area contributed by atoms with E-state index in [2.05, 4.69) is 22.3 Å². The molecule has 1 amide bonds. The Morgan fingerprint density at radius 1 is 1.10 bits per heavy atom. The van der Waals surface area contributed by atoms with Gasteiger partial charge in [-0.3, -0.25) is 9.69 Å². The number of methoxy groups -OCH3 is 2. The van der Waals surface area contributed by atoms with E-state index in [0.29, 0.717) is 11.8 Å². The summed E-state index contributed by atoms with van der Waals surface area (Å²) in [5.74, 6) is 2.61. The molecule has 0 radical (unpaired) electrons. The van der Waals surface area contributed by atoms with E-state index in [1.54, 1.807) is 14.2 Å². The number of hydrogen-bond acceptors (Lipinski definition) is 5. The molecular formula is C23H30N2O4. The van der Waals surface area contributed by atoms with E-state index in [9.17, 15) is 9.90 Å². The van der Waals surface area contributed by atoms with Crippen LogP contribution in [0.2, 0.25) is 0 Å². The van der Waals surface area contributed by atoms with Crippen molar-refractivity contribution in [3.8, 4) is 11.5 Å². The van der Waals surface area contributed by atoms with Crippen molar-refractivity contribution in [3.05, 3.63) is 35.9 Å². The third-order valence-electron chi connectivity index (χ3n) is 6.49. The fourth-order valence-corrected chi connectivity index (χ4v) is 5.21. The highest BCUT2D eigenvalue weighted by Crippen LogP contribution is 2.39. The molecule has 2 aromatic rings. The van der Waals surface area contributed by atoms with Gasteiger partial charge in [-0.25, -0.2) is 0 Å². The first kappa shape index (κ1) is 20.0. The fraction of sp³-hybridized carbons (Fsp3) is 0.522. The summed E-state index contributed by atoms with van der Waals surface area (Å²) >= 11 is 0. The maximum absolute atomic E-state index is 11.4. The number of nitrogens with zero attached hydrogens (tertiary/aromatic N) is 1. The normalized spacial score (nSPS) is 26.9. The number of carbonyl (C=O) groups excluding carboxylic acids is 1. The van der Waals surface area contributed by atoms with Gasteiger partial charge in [0.2, 0.25) is 5.91 Å². The monoisotopic (exact) mass is 398 g/mol. The fourth-order valence-electron chi connectivity index (χ4n) is 5.21. The lowest BCUT2D eigenvalue weighted by atomic mass is 9.77. The quantitative estimate of drug-likeness (QED) is 0.810. The third-order valence-corrected chi connectivity index (χ3v) is 6.49. The molecule has 6 heteroatoms. The van der Waals surface area contributed by atoms with Crippen molar-refractivity contribution in [2.45, 2.75) is 38.5 Å². The van der Waals surface area contributed by atoms with E-state index >= 15 is 0 Å². The van der Waals surface area contributed by atoms with Gasteiger partial charge in [0.15, 0.2) is 0 Å². The Morgan fingerprint density at radius 2 is 1.83 bits per heavy atom. The second-order valence-electron chi connectivity index (χ2n) is 8.37. The number of aliphatic hydroxyl groups excluding tert-OH is 1. The zero-order chi connectivity index (χ0) is 20.5. The predicted molar refractivity (Wildman–Crippen MR) is 112 cm³/mol. The molecule has 6 nitrogen and oxygen atoms in total. The standard InChI is InChI=1S/C23H30N2O4/c1-14(26)24-19-9-16-12-25(13-17(16)10-20(19)27)11-15-7-8-21(28-2)18-5-4-6-22(29-3)23(15)18/h4-8,16-17,19-20,27H,9-13H2,1-3H3,(H,24,26)/t16-,17+,19-,20-/m1/s1. The topological polar surface area (TPSA) is 71.0 Å². The van der Waals surface area contributed by atoms with Gasteiger partial charge >= 0.3 is 0 Å². The zero-order valence-corrected chi connectivity index (χ0v) is 17.4. The molecule has 29 heavy (non-hydrogen) atoms. The van der Waals surface area contributed by atoms with Crippen molar-refractivity contribution < 1.29 is 19.4 Å². The van der Waals surface area contributed by atoms with E-state index in [-0.39, 0.29) is 11.9 Å². The summed E-state index contributed by atoms with van der Waals surface area (Å²) in [4.78, 5) is 13.9. The summed E-state index contributed by atoms with van der Waals surface area (Å²) in [5, 5.41) is 15.5. The molecule has 1 aliphatic carbocycles. The summed E-state index contributed by atoms with van der Waals surface area (Å²) in [6, 6.07) is 10.1.